The van der Waals surface area contributed by atoms with Crippen molar-refractivity contribution in [2.75, 3.05) is 6.54 Å². The van der Waals surface area contributed by atoms with Crippen LogP contribution in [0.5, 0.6) is 0 Å². The molecule has 0 bridgehead atoms. The largest absolute Gasteiger partial charge is 0.364 e. The van der Waals surface area contributed by atoms with Crippen molar-refractivity contribution in [3.8, 4) is 0 Å². The Balaban J connectivity index is 1.66. The summed E-state index contributed by atoms with van der Waals surface area (Å²) in [7, 11) is 0. The number of nitrogens with zero attached hydrogens (tertiary/aromatic N) is 4. The third-order valence-electron chi connectivity index (χ3n) is 4.29. The van der Waals surface area contributed by atoms with Crippen molar-refractivity contribution in [2.24, 2.45) is 11.5 Å². The van der Waals surface area contributed by atoms with Crippen LogP contribution in [0.2, 0.25) is 5.02 Å². The van der Waals surface area contributed by atoms with E-state index >= 15 is 0 Å². The van der Waals surface area contributed by atoms with E-state index < -0.39 is 5.91 Å². The van der Waals surface area contributed by atoms with Crippen LogP contribution >= 0.6 is 22.9 Å². The molecule has 0 spiro atoms. The van der Waals surface area contributed by atoms with E-state index in [1.807, 2.05) is 0 Å². The Morgan fingerprint density at radius 2 is 2.04 bits per heavy atom. The van der Waals surface area contributed by atoms with Gasteiger partial charge in [-0.1, -0.05) is 11.6 Å². The number of rotatable bonds is 3. The number of halogens is 1. The molecule has 0 radical (unpaired) electrons. The lowest BCUT2D eigenvalue weighted by atomic mass is 10.2. The first-order valence-corrected chi connectivity index (χ1v) is 9.14. The predicted molar refractivity (Wildman–Crippen MR) is 97.2 cm³/mol. The molecule has 4 heterocycles. The van der Waals surface area contributed by atoms with Gasteiger partial charge in [0.05, 0.1) is 11.1 Å². The Morgan fingerprint density at radius 3 is 2.77 bits per heavy atom. The minimum absolute atomic E-state index is 0.170. The molecule has 10 heteroatoms. The number of carbonyl (C=O) groups excluding carboxylic acids is 2. The van der Waals surface area contributed by atoms with Crippen LogP contribution in [0.15, 0.2) is 29.9 Å². The molecule has 1 fully saturated rings. The maximum Gasteiger partial charge on any atom is 0.274 e. The van der Waals surface area contributed by atoms with E-state index in [9.17, 15) is 9.59 Å². The number of carbonyl (C=O) groups is 2. The molecule has 1 aliphatic heterocycles. The van der Waals surface area contributed by atoms with Crippen molar-refractivity contribution in [1.82, 2.24) is 19.3 Å². The molecular weight excluding hydrogens is 376 g/mol. The van der Waals surface area contributed by atoms with Gasteiger partial charge in [0, 0.05) is 30.4 Å². The minimum atomic E-state index is -0.593. The van der Waals surface area contributed by atoms with E-state index in [1.54, 1.807) is 39.2 Å². The lowest BCUT2D eigenvalue weighted by molar-refractivity contribution is 0.0728. The second kappa shape index (κ2) is 6.35. The molecule has 3 aromatic rings. The zero-order valence-electron chi connectivity index (χ0n) is 13.5. The quantitative estimate of drug-likeness (QED) is 0.701. The maximum absolute atomic E-state index is 13.0. The average Bonchev–Trinajstić information content (AvgIpc) is 3.30. The Kier molecular flexibility index (Phi) is 4.14. The fraction of sp³-hybridized carbons (Fsp3) is 0.250. The van der Waals surface area contributed by atoms with E-state index in [1.165, 1.54) is 11.3 Å². The topological polar surface area (TPSA) is 120 Å². The Labute approximate surface area is 157 Å². The van der Waals surface area contributed by atoms with E-state index in [4.69, 9.17) is 23.1 Å². The Hall–Kier alpha value is -2.49. The molecule has 4 rings (SSSR count). The van der Waals surface area contributed by atoms with Crippen molar-refractivity contribution >= 4 is 40.4 Å². The first kappa shape index (κ1) is 17.0. The fourth-order valence-corrected chi connectivity index (χ4v) is 4.20. The van der Waals surface area contributed by atoms with Crippen molar-refractivity contribution in [3.05, 3.63) is 51.3 Å². The molecule has 2 atom stereocenters. The maximum atomic E-state index is 13.0. The van der Waals surface area contributed by atoms with Gasteiger partial charge in [0.25, 0.3) is 11.8 Å². The Bertz CT molecular complexity index is 1020. The fourth-order valence-electron chi connectivity index (χ4n) is 3.10. The normalized spacial score (nSPS) is 20.0. The molecule has 1 aliphatic rings. The van der Waals surface area contributed by atoms with Crippen LogP contribution in [-0.4, -0.2) is 43.7 Å². The van der Waals surface area contributed by atoms with E-state index in [0.29, 0.717) is 34.3 Å². The van der Waals surface area contributed by atoms with Gasteiger partial charge in [0.15, 0.2) is 0 Å². The second-order valence-corrected chi connectivity index (χ2v) is 7.47. The molecule has 26 heavy (non-hydrogen) atoms. The molecule has 0 unspecified atom stereocenters. The lowest BCUT2D eigenvalue weighted by Crippen LogP contribution is -2.33. The van der Waals surface area contributed by atoms with E-state index in [0.717, 1.165) is 0 Å². The summed E-state index contributed by atoms with van der Waals surface area (Å²) in [6.45, 7) is 0.392. The summed E-state index contributed by atoms with van der Waals surface area (Å²) in [6.07, 6.45) is 3.89. The van der Waals surface area contributed by atoms with Crippen molar-refractivity contribution < 1.29 is 9.59 Å². The molecular formula is C16H15ClN6O2S. The van der Waals surface area contributed by atoms with Gasteiger partial charge in [0.2, 0.25) is 0 Å². The van der Waals surface area contributed by atoms with Gasteiger partial charge in [-0.25, -0.2) is 9.97 Å². The van der Waals surface area contributed by atoms with Gasteiger partial charge < -0.3 is 20.8 Å². The molecule has 1 saturated heterocycles. The SMILES string of the molecule is NC(=O)c1csc([C@@H]2C[C@@H](N)CN2C(=O)c2cn3cc(Cl)ccc3n2)n1. The highest BCUT2D eigenvalue weighted by Crippen LogP contribution is 2.34. The first-order chi connectivity index (χ1) is 12.4. The monoisotopic (exact) mass is 390 g/mol. The minimum Gasteiger partial charge on any atom is -0.364 e. The zero-order valence-corrected chi connectivity index (χ0v) is 15.1. The van der Waals surface area contributed by atoms with Crippen LogP contribution in [0, 0.1) is 0 Å². The summed E-state index contributed by atoms with van der Waals surface area (Å²) >= 11 is 7.28. The van der Waals surface area contributed by atoms with Crippen LogP contribution in [0.4, 0.5) is 0 Å². The molecule has 0 aliphatic carbocycles. The number of thiazole rings is 1. The summed E-state index contributed by atoms with van der Waals surface area (Å²) in [4.78, 5) is 34.6. The molecule has 3 aromatic heterocycles. The molecule has 0 aromatic carbocycles. The van der Waals surface area contributed by atoms with Crippen LogP contribution in [0.25, 0.3) is 5.65 Å². The highest BCUT2D eigenvalue weighted by molar-refractivity contribution is 7.09. The lowest BCUT2D eigenvalue weighted by Gasteiger charge is -2.21. The molecule has 8 nitrogen and oxygen atoms in total. The highest BCUT2D eigenvalue weighted by Gasteiger charge is 2.37. The number of primary amides is 1. The smallest absolute Gasteiger partial charge is 0.274 e. The molecule has 2 amide bonds. The number of likely N-dealkylation sites (tertiary alicyclic amines) is 1. The summed E-state index contributed by atoms with van der Waals surface area (Å²) in [6, 6.07) is 2.99. The third kappa shape index (κ3) is 2.94. The summed E-state index contributed by atoms with van der Waals surface area (Å²) in [5, 5.41) is 2.79. The van der Waals surface area contributed by atoms with Gasteiger partial charge in [-0.05, 0) is 18.6 Å². The number of amides is 2. The van der Waals surface area contributed by atoms with Crippen molar-refractivity contribution in [1.29, 1.82) is 0 Å². The number of nitrogens with two attached hydrogens (primary N) is 2. The van der Waals surface area contributed by atoms with Crippen LogP contribution < -0.4 is 11.5 Å². The summed E-state index contributed by atoms with van der Waals surface area (Å²) < 4.78 is 1.70. The predicted octanol–water partition coefficient (Wildman–Crippen LogP) is 1.46. The average molecular weight is 391 g/mol. The van der Waals surface area contributed by atoms with Gasteiger partial charge in [0.1, 0.15) is 22.0 Å². The van der Waals surface area contributed by atoms with Crippen LogP contribution in [0.1, 0.15) is 38.4 Å². The first-order valence-electron chi connectivity index (χ1n) is 7.88. The molecule has 134 valence electrons. The second-order valence-electron chi connectivity index (χ2n) is 6.14. The van der Waals surface area contributed by atoms with Gasteiger partial charge >= 0.3 is 0 Å². The number of hydrogen-bond donors (Lipinski definition) is 2. The van der Waals surface area contributed by atoms with Gasteiger partial charge in [-0.3, -0.25) is 9.59 Å². The third-order valence-corrected chi connectivity index (χ3v) is 5.46. The van der Waals surface area contributed by atoms with E-state index in [2.05, 4.69) is 9.97 Å². The molecule has 0 saturated carbocycles. The standard InChI is InChI=1S/C16H15ClN6O2S/c17-8-1-2-13-20-10(6-22(13)4-8)16(25)23-5-9(18)3-12(23)15-21-11(7-26-15)14(19)24/h1-2,4,6-7,9,12H,3,5,18H2,(H2,19,24)/t9-,12+/m1/s1. The number of hydrogen-bond acceptors (Lipinski definition) is 6. The summed E-state index contributed by atoms with van der Waals surface area (Å²) in [5.74, 6) is -0.830. The van der Waals surface area contributed by atoms with E-state index in [-0.39, 0.29) is 23.7 Å². The molecule has 4 N–H and O–H groups in total. The van der Waals surface area contributed by atoms with Crippen LogP contribution in [-0.2, 0) is 0 Å². The number of fused-ring (bicyclic) bond motifs is 1. The highest BCUT2D eigenvalue weighted by atomic mass is 35.5. The van der Waals surface area contributed by atoms with Crippen molar-refractivity contribution in [2.45, 2.75) is 18.5 Å². The van der Waals surface area contributed by atoms with Crippen LogP contribution in [0.3, 0.4) is 0 Å². The van der Waals surface area contributed by atoms with Crippen molar-refractivity contribution in [3.63, 3.8) is 0 Å². The zero-order chi connectivity index (χ0) is 18.4. The number of imidazole rings is 1. The van der Waals surface area contributed by atoms with Gasteiger partial charge in [-0.15, -0.1) is 11.3 Å². The Morgan fingerprint density at radius 1 is 1.23 bits per heavy atom. The van der Waals surface area contributed by atoms with Gasteiger partial charge in [-0.2, -0.15) is 0 Å². The number of pyridine rings is 1. The number of aromatic nitrogens is 3. The summed E-state index contributed by atoms with van der Waals surface area (Å²) in [5.41, 5.74) is 12.5.